The number of aromatic carboxylic acids is 1. The van der Waals surface area contributed by atoms with Gasteiger partial charge in [-0.05, 0) is 29.3 Å². The van der Waals surface area contributed by atoms with Gasteiger partial charge in [0.25, 0.3) is 0 Å². The molecule has 3 aromatic carbocycles. The number of halogens is 2. The number of carbonyl (C=O) groups is 1. The van der Waals surface area contributed by atoms with Crippen LogP contribution in [0.3, 0.4) is 0 Å². The molecule has 0 aliphatic rings. The molecule has 144 valence electrons. The van der Waals surface area contributed by atoms with Gasteiger partial charge < -0.3 is 14.6 Å². The summed E-state index contributed by atoms with van der Waals surface area (Å²) in [5, 5.41) is 9.21. The van der Waals surface area contributed by atoms with Crippen molar-refractivity contribution in [2.24, 2.45) is 0 Å². The average molecular weight is 384 g/mol. The van der Waals surface area contributed by atoms with Gasteiger partial charge in [0, 0.05) is 18.1 Å². The number of methoxy groups -OCH3 is 1. The summed E-state index contributed by atoms with van der Waals surface area (Å²) in [4.78, 5) is 11.3. The molecule has 0 aromatic heterocycles. The quantitative estimate of drug-likeness (QED) is 0.633. The Morgan fingerprint density at radius 3 is 2.39 bits per heavy atom. The van der Waals surface area contributed by atoms with Crippen LogP contribution in [0.4, 0.5) is 8.78 Å². The van der Waals surface area contributed by atoms with E-state index in [2.05, 4.69) is 0 Å². The lowest BCUT2D eigenvalue weighted by Crippen LogP contribution is -2.06. The monoisotopic (exact) mass is 384 g/mol. The highest BCUT2D eigenvalue weighted by molar-refractivity contribution is 5.88. The molecule has 6 heteroatoms. The van der Waals surface area contributed by atoms with Gasteiger partial charge in [0.05, 0.1) is 12.7 Å². The van der Waals surface area contributed by atoms with Crippen molar-refractivity contribution in [3.05, 3.63) is 94.6 Å². The maximum atomic E-state index is 14.7. The smallest absolute Gasteiger partial charge is 0.335 e. The second kappa shape index (κ2) is 8.52. The maximum absolute atomic E-state index is 14.7. The topological polar surface area (TPSA) is 55.8 Å². The Kier molecular flexibility index (Phi) is 5.89. The molecule has 0 fully saturated rings. The number of hydrogen-bond acceptors (Lipinski definition) is 3. The summed E-state index contributed by atoms with van der Waals surface area (Å²) >= 11 is 0. The van der Waals surface area contributed by atoms with Crippen LogP contribution in [0.15, 0.2) is 60.7 Å². The van der Waals surface area contributed by atoms with E-state index in [-0.39, 0.29) is 35.5 Å². The molecule has 0 heterocycles. The van der Waals surface area contributed by atoms with Crippen molar-refractivity contribution in [2.45, 2.75) is 13.0 Å². The Morgan fingerprint density at radius 2 is 1.75 bits per heavy atom. The normalized spacial score (nSPS) is 10.5. The van der Waals surface area contributed by atoms with Crippen molar-refractivity contribution in [3.63, 3.8) is 0 Å². The third kappa shape index (κ3) is 4.46. The fraction of sp³-hybridized carbons (Fsp3) is 0.136. The lowest BCUT2D eigenvalue weighted by molar-refractivity contribution is 0.0695. The minimum Gasteiger partial charge on any atom is -0.497 e. The summed E-state index contributed by atoms with van der Waals surface area (Å²) in [6.45, 7) is 0.126. The Morgan fingerprint density at radius 1 is 1.00 bits per heavy atom. The number of rotatable bonds is 7. The van der Waals surface area contributed by atoms with Crippen molar-refractivity contribution in [2.75, 3.05) is 7.11 Å². The van der Waals surface area contributed by atoms with Crippen molar-refractivity contribution in [1.82, 2.24) is 0 Å². The van der Waals surface area contributed by atoms with Gasteiger partial charge in [-0.2, -0.15) is 0 Å². The molecule has 0 saturated heterocycles. The lowest BCUT2D eigenvalue weighted by atomic mass is 10.0. The van der Waals surface area contributed by atoms with Crippen LogP contribution >= 0.6 is 0 Å². The summed E-state index contributed by atoms with van der Waals surface area (Å²) in [5.74, 6) is -2.17. The van der Waals surface area contributed by atoms with E-state index in [0.29, 0.717) is 5.75 Å². The molecule has 0 amide bonds. The molecule has 28 heavy (non-hydrogen) atoms. The van der Waals surface area contributed by atoms with Crippen LogP contribution < -0.4 is 9.47 Å². The van der Waals surface area contributed by atoms with E-state index in [9.17, 15) is 18.7 Å². The molecule has 3 aromatic rings. The largest absolute Gasteiger partial charge is 0.497 e. The SMILES string of the molecule is COc1ccc(Cc2c(F)cc(C(=O)O)cc2OCc2ccccc2)c(F)c1. The Hall–Kier alpha value is -3.41. The average Bonchev–Trinajstić information content (AvgIpc) is 2.70. The van der Waals surface area contributed by atoms with Crippen molar-refractivity contribution >= 4 is 5.97 Å². The minimum atomic E-state index is -1.27. The molecule has 0 saturated carbocycles. The van der Waals surface area contributed by atoms with Gasteiger partial charge in [0.1, 0.15) is 29.7 Å². The van der Waals surface area contributed by atoms with Crippen LogP contribution in [-0.2, 0) is 13.0 Å². The molecule has 4 nitrogen and oxygen atoms in total. The van der Waals surface area contributed by atoms with Crippen LogP contribution in [0.25, 0.3) is 0 Å². The number of carboxylic acid groups (broad SMARTS) is 1. The molecular weight excluding hydrogens is 366 g/mol. The second-order valence-electron chi connectivity index (χ2n) is 6.15. The molecule has 3 rings (SSSR count). The minimum absolute atomic E-state index is 0.0662. The number of benzene rings is 3. The van der Waals surface area contributed by atoms with E-state index in [1.807, 2.05) is 30.3 Å². The van der Waals surface area contributed by atoms with Crippen LogP contribution in [0.5, 0.6) is 11.5 Å². The van der Waals surface area contributed by atoms with Gasteiger partial charge in [-0.1, -0.05) is 36.4 Å². The van der Waals surface area contributed by atoms with Gasteiger partial charge in [-0.3, -0.25) is 0 Å². The van der Waals surface area contributed by atoms with Crippen molar-refractivity contribution in [3.8, 4) is 11.5 Å². The molecule has 0 radical (unpaired) electrons. The van der Waals surface area contributed by atoms with Gasteiger partial charge in [0.15, 0.2) is 0 Å². The second-order valence-corrected chi connectivity index (χ2v) is 6.15. The van der Waals surface area contributed by atoms with Crippen LogP contribution in [-0.4, -0.2) is 18.2 Å². The fourth-order valence-corrected chi connectivity index (χ4v) is 2.76. The Balaban J connectivity index is 1.95. The molecule has 0 bridgehead atoms. The summed E-state index contributed by atoms with van der Waals surface area (Å²) in [7, 11) is 1.42. The molecule has 0 atom stereocenters. The van der Waals surface area contributed by atoms with E-state index in [0.717, 1.165) is 11.6 Å². The molecule has 0 aliphatic heterocycles. The van der Waals surface area contributed by atoms with Gasteiger partial charge in [-0.25, -0.2) is 13.6 Å². The van der Waals surface area contributed by atoms with Gasteiger partial charge >= 0.3 is 5.97 Å². The van der Waals surface area contributed by atoms with Gasteiger partial charge in [0.2, 0.25) is 0 Å². The van der Waals surface area contributed by atoms with E-state index >= 15 is 0 Å². The highest BCUT2D eigenvalue weighted by Gasteiger charge is 2.18. The van der Waals surface area contributed by atoms with Crippen LogP contribution in [0, 0.1) is 11.6 Å². The molecule has 0 spiro atoms. The van der Waals surface area contributed by atoms with Crippen LogP contribution in [0.1, 0.15) is 27.0 Å². The zero-order chi connectivity index (χ0) is 20.1. The van der Waals surface area contributed by atoms with E-state index in [1.165, 1.54) is 25.3 Å². The van der Waals surface area contributed by atoms with E-state index < -0.39 is 17.6 Å². The zero-order valence-electron chi connectivity index (χ0n) is 15.1. The summed E-state index contributed by atoms with van der Waals surface area (Å²) < 4.78 is 39.7. The summed E-state index contributed by atoms with van der Waals surface area (Å²) in [6.07, 6.45) is -0.0916. The first-order valence-electron chi connectivity index (χ1n) is 8.52. The summed E-state index contributed by atoms with van der Waals surface area (Å²) in [6, 6.07) is 15.6. The highest BCUT2D eigenvalue weighted by atomic mass is 19.1. The van der Waals surface area contributed by atoms with E-state index in [4.69, 9.17) is 9.47 Å². The Bertz CT molecular complexity index is 987. The van der Waals surface area contributed by atoms with Crippen molar-refractivity contribution < 1.29 is 28.2 Å². The third-order valence-corrected chi connectivity index (χ3v) is 4.27. The first-order chi connectivity index (χ1) is 13.5. The first kappa shape index (κ1) is 19.4. The number of ether oxygens (including phenoxy) is 2. The molecule has 0 aliphatic carbocycles. The Labute approximate surface area is 161 Å². The molecular formula is C22H18F2O4. The number of hydrogen-bond donors (Lipinski definition) is 1. The highest BCUT2D eigenvalue weighted by Crippen LogP contribution is 2.29. The standard InChI is InChI=1S/C22H18F2O4/c1-27-17-8-7-15(19(23)12-17)9-18-20(24)10-16(22(25)26)11-21(18)28-13-14-5-3-2-4-6-14/h2-8,10-12H,9,13H2,1H3,(H,25,26). The maximum Gasteiger partial charge on any atom is 0.335 e. The molecule has 0 unspecified atom stereocenters. The van der Waals surface area contributed by atoms with Gasteiger partial charge in [-0.15, -0.1) is 0 Å². The molecule has 1 N–H and O–H groups in total. The van der Waals surface area contributed by atoms with Crippen LogP contribution in [0.2, 0.25) is 0 Å². The third-order valence-electron chi connectivity index (χ3n) is 4.27. The lowest BCUT2D eigenvalue weighted by Gasteiger charge is -2.14. The summed E-state index contributed by atoms with van der Waals surface area (Å²) in [5.41, 5.74) is 0.932. The van der Waals surface area contributed by atoms with Crippen molar-refractivity contribution in [1.29, 1.82) is 0 Å². The predicted molar refractivity (Wildman–Crippen MR) is 99.9 cm³/mol. The van der Waals surface area contributed by atoms with E-state index in [1.54, 1.807) is 6.07 Å². The first-order valence-corrected chi connectivity index (χ1v) is 8.52. The fourth-order valence-electron chi connectivity index (χ4n) is 2.76. The number of carboxylic acids is 1. The predicted octanol–water partition coefficient (Wildman–Crippen LogP) is 4.84. The zero-order valence-corrected chi connectivity index (χ0v) is 15.1.